The zero-order valence-corrected chi connectivity index (χ0v) is 9.69. The van der Waals surface area contributed by atoms with Crippen LogP contribution in [0.25, 0.3) is 0 Å². The standard InChI is InChI=1S/C11H16O2S/c1-11(2,3)10(12)8-13-7-9-5-4-6-14-9/h4-6H,7-8H2,1-3H3. The predicted molar refractivity (Wildman–Crippen MR) is 58.4 cm³/mol. The van der Waals surface area contributed by atoms with Crippen molar-refractivity contribution in [2.75, 3.05) is 6.61 Å². The summed E-state index contributed by atoms with van der Waals surface area (Å²) in [4.78, 5) is 12.6. The van der Waals surface area contributed by atoms with Gasteiger partial charge in [-0.2, -0.15) is 0 Å². The van der Waals surface area contributed by atoms with E-state index in [1.54, 1.807) is 11.3 Å². The van der Waals surface area contributed by atoms with Crippen LogP contribution in [0.5, 0.6) is 0 Å². The Bertz CT molecular complexity index is 283. The molecule has 3 heteroatoms. The zero-order valence-electron chi connectivity index (χ0n) is 8.87. The molecule has 0 saturated carbocycles. The molecule has 0 aliphatic heterocycles. The third-order valence-corrected chi connectivity index (χ3v) is 2.74. The lowest BCUT2D eigenvalue weighted by molar-refractivity contribution is -0.131. The number of hydrogen-bond donors (Lipinski definition) is 0. The van der Waals surface area contributed by atoms with Crippen LogP contribution in [0.1, 0.15) is 25.6 Å². The van der Waals surface area contributed by atoms with E-state index in [-0.39, 0.29) is 17.8 Å². The molecule has 1 rings (SSSR count). The highest BCUT2D eigenvalue weighted by Gasteiger charge is 2.20. The summed E-state index contributed by atoms with van der Waals surface area (Å²) in [5.74, 6) is 0.147. The van der Waals surface area contributed by atoms with Crippen molar-refractivity contribution in [1.29, 1.82) is 0 Å². The van der Waals surface area contributed by atoms with E-state index in [2.05, 4.69) is 0 Å². The highest BCUT2D eigenvalue weighted by atomic mass is 32.1. The van der Waals surface area contributed by atoms with Crippen LogP contribution in [0.15, 0.2) is 17.5 Å². The van der Waals surface area contributed by atoms with Gasteiger partial charge in [0.05, 0.1) is 6.61 Å². The number of ether oxygens (including phenoxy) is 1. The fourth-order valence-electron chi connectivity index (χ4n) is 0.856. The predicted octanol–water partition coefficient (Wildman–Crippen LogP) is 2.88. The monoisotopic (exact) mass is 212 g/mol. The molecule has 1 aromatic rings. The van der Waals surface area contributed by atoms with Gasteiger partial charge in [-0.1, -0.05) is 26.8 Å². The van der Waals surface area contributed by atoms with E-state index in [1.807, 2.05) is 38.3 Å². The fraction of sp³-hybridized carbons (Fsp3) is 0.545. The second-order valence-electron chi connectivity index (χ2n) is 4.25. The number of thiophene rings is 1. The summed E-state index contributed by atoms with van der Waals surface area (Å²) in [6, 6.07) is 3.99. The highest BCUT2D eigenvalue weighted by Crippen LogP contribution is 2.15. The number of ketones is 1. The number of rotatable bonds is 4. The Balaban J connectivity index is 2.26. The molecule has 0 radical (unpaired) electrons. The molecule has 0 N–H and O–H groups in total. The van der Waals surface area contributed by atoms with Crippen molar-refractivity contribution in [3.05, 3.63) is 22.4 Å². The van der Waals surface area contributed by atoms with E-state index in [4.69, 9.17) is 4.74 Å². The van der Waals surface area contributed by atoms with E-state index in [1.165, 1.54) is 0 Å². The maximum absolute atomic E-state index is 11.5. The van der Waals surface area contributed by atoms with Crippen LogP contribution >= 0.6 is 11.3 Å². The Morgan fingerprint density at radius 2 is 2.21 bits per heavy atom. The van der Waals surface area contributed by atoms with Crippen LogP contribution in [-0.4, -0.2) is 12.4 Å². The highest BCUT2D eigenvalue weighted by molar-refractivity contribution is 7.09. The summed E-state index contributed by atoms with van der Waals surface area (Å²) >= 11 is 1.65. The lowest BCUT2D eigenvalue weighted by atomic mass is 9.91. The molecular weight excluding hydrogens is 196 g/mol. The second-order valence-corrected chi connectivity index (χ2v) is 5.28. The molecule has 1 heterocycles. The minimum atomic E-state index is -0.296. The van der Waals surface area contributed by atoms with Gasteiger partial charge in [0.2, 0.25) is 0 Å². The lowest BCUT2D eigenvalue weighted by Crippen LogP contribution is -2.24. The molecule has 0 saturated heterocycles. The van der Waals surface area contributed by atoms with Crippen LogP contribution in [-0.2, 0) is 16.1 Å². The summed E-state index contributed by atoms with van der Waals surface area (Å²) < 4.78 is 5.33. The average Bonchev–Trinajstić information content (AvgIpc) is 2.55. The van der Waals surface area contributed by atoms with E-state index in [0.29, 0.717) is 6.61 Å². The fourth-order valence-corrected chi connectivity index (χ4v) is 1.50. The van der Waals surface area contributed by atoms with Gasteiger partial charge < -0.3 is 4.74 Å². The largest absolute Gasteiger partial charge is 0.368 e. The van der Waals surface area contributed by atoms with E-state index >= 15 is 0 Å². The molecule has 0 aliphatic rings. The minimum absolute atomic E-state index is 0.147. The Morgan fingerprint density at radius 3 is 2.71 bits per heavy atom. The first-order valence-electron chi connectivity index (χ1n) is 4.63. The van der Waals surface area contributed by atoms with Crippen molar-refractivity contribution >= 4 is 17.1 Å². The molecule has 0 atom stereocenters. The first-order valence-corrected chi connectivity index (χ1v) is 5.51. The number of carbonyl (C=O) groups excluding carboxylic acids is 1. The summed E-state index contributed by atoms with van der Waals surface area (Å²) in [7, 11) is 0. The average molecular weight is 212 g/mol. The van der Waals surface area contributed by atoms with Gasteiger partial charge in [0.15, 0.2) is 5.78 Å². The van der Waals surface area contributed by atoms with Crippen molar-refractivity contribution in [3.8, 4) is 0 Å². The summed E-state index contributed by atoms with van der Waals surface area (Å²) in [6.45, 7) is 6.47. The molecule has 0 aromatic carbocycles. The molecule has 0 bridgehead atoms. The minimum Gasteiger partial charge on any atom is -0.368 e. The smallest absolute Gasteiger partial charge is 0.163 e. The maximum Gasteiger partial charge on any atom is 0.163 e. The molecule has 78 valence electrons. The summed E-state index contributed by atoms with van der Waals surface area (Å²) in [5, 5.41) is 2.00. The van der Waals surface area contributed by atoms with Crippen molar-refractivity contribution in [1.82, 2.24) is 0 Å². The molecule has 0 fully saturated rings. The first-order chi connectivity index (χ1) is 6.50. The first kappa shape index (κ1) is 11.4. The third kappa shape index (κ3) is 3.60. The van der Waals surface area contributed by atoms with Gasteiger partial charge in [-0.3, -0.25) is 4.79 Å². The van der Waals surface area contributed by atoms with Crippen molar-refractivity contribution < 1.29 is 9.53 Å². The van der Waals surface area contributed by atoms with Crippen LogP contribution in [0, 0.1) is 5.41 Å². The topological polar surface area (TPSA) is 26.3 Å². The van der Waals surface area contributed by atoms with Crippen LogP contribution < -0.4 is 0 Å². The molecular formula is C11H16O2S. The van der Waals surface area contributed by atoms with Gasteiger partial charge in [0.1, 0.15) is 6.61 Å². The van der Waals surface area contributed by atoms with Gasteiger partial charge in [-0.05, 0) is 11.4 Å². The number of Topliss-reactive ketones (excluding diaryl/α,β-unsaturated/α-hetero) is 1. The second kappa shape index (κ2) is 4.71. The number of hydrogen-bond acceptors (Lipinski definition) is 3. The summed E-state index contributed by atoms with van der Waals surface area (Å²) in [6.07, 6.45) is 0. The maximum atomic E-state index is 11.5. The molecule has 14 heavy (non-hydrogen) atoms. The third-order valence-electron chi connectivity index (χ3n) is 1.89. The van der Waals surface area contributed by atoms with Crippen molar-refractivity contribution in [2.24, 2.45) is 5.41 Å². The SMILES string of the molecule is CC(C)(C)C(=O)COCc1cccs1. The van der Waals surface area contributed by atoms with E-state index < -0.39 is 0 Å². The molecule has 1 aromatic heterocycles. The van der Waals surface area contributed by atoms with Gasteiger partial charge in [0.25, 0.3) is 0 Å². The van der Waals surface area contributed by atoms with Gasteiger partial charge in [-0.15, -0.1) is 11.3 Å². The van der Waals surface area contributed by atoms with E-state index in [0.717, 1.165) is 4.88 Å². The van der Waals surface area contributed by atoms with Gasteiger partial charge >= 0.3 is 0 Å². The molecule has 0 aliphatic carbocycles. The van der Waals surface area contributed by atoms with Gasteiger partial charge in [0, 0.05) is 10.3 Å². The Kier molecular flexibility index (Phi) is 3.84. The summed E-state index contributed by atoms with van der Waals surface area (Å²) in [5.41, 5.74) is -0.296. The number of carbonyl (C=O) groups is 1. The van der Waals surface area contributed by atoms with Gasteiger partial charge in [-0.25, -0.2) is 0 Å². The van der Waals surface area contributed by atoms with Crippen LogP contribution in [0.2, 0.25) is 0 Å². The van der Waals surface area contributed by atoms with Crippen molar-refractivity contribution in [3.63, 3.8) is 0 Å². The Morgan fingerprint density at radius 1 is 1.50 bits per heavy atom. The molecule has 0 spiro atoms. The zero-order chi connectivity index (χ0) is 10.6. The Hall–Kier alpha value is -0.670. The van der Waals surface area contributed by atoms with Crippen LogP contribution in [0.3, 0.4) is 0 Å². The molecule has 2 nitrogen and oxygen atoms in total. The Labute approximate surface area is 88.9 Å². The lowest BCUT2D eigenvalue weighted by Gasteiger charge is -2.15. The quantitative estimate of drug-likeness (QED) is 0.767. The van der Waals surface area contributed by atoms with Crippen molar-refractivity contribution in [2.45, 2.75) is 27.4 Å². The van der Waals surface area contributed by atoms with Crippen LogP contribution in [0.4, 0.5) is 0 Å². The van der Waals surface area contributed by atoms with E-state index in [9.17, 15) is 4.79 Å². The normalized spacial score (nSPS) is 11.6. The molecule has 0 amide bonds. The molecule has 0 unspecified atom stereocenters.